The highest BCUT2D eigenvalue weighted by atomic mass is 32.2. The van der Waals surface area contributed by atoms with Crippen LogP contribution in [0.2, 0.25) is 0 Å². The highest BCUT2D eigenvalue weighted by Gasteiger charge is 2.31. The molecule has 5 nitrogen and oxygen atoms in total. The molecule has 150 valence electrons. The van der Waals surface area contributed by atoms with Gasteiger partial charge >= 0.3 is 0 Å². The Hall–Kier alpha value is -2.64. The van der Waals surface area contributed by atoms with E-state index in [4.69, 9.17) is 4.74 Å². The van der Waals surface area contributed by atoms with Gasteiger partial charge in [-0.1, -0.05) is 18.2 Å². The van der Waals surface area contributed by atoms with Crippen molar-refractivity contribution in [3.05, 3.63) is 65.0 Å². The Bertz CT molecular complexity index is 1160. The van der Waals surface area contributed by atoms with Crippen molar-refractivity contribution >= 4 is 32.8 Å². The minimum absolute atomic E-state index is 0.0711. The third-order valence-electron chi connectivity index (χ3n) is 4.85. The highest BCUT2D eigenvalue weighted by molar-refractivity contribution is 7.91. The second kappa shape index (κ2) is 7.65. The van der Waals surface area contributed by atoms with Crippen LogP contribution in [-0.2, 0) is 15.6 Å². The lowest BCUT2D eigenvalue weighted by Gasteiger charge is -2.20. The van der Waals surface area contributed by atoms with Gasteiger partial charge in [0.05, 0.1) is 22.1 Å². The zero-order valence-corrected chi connectivity index (χ0v) is 17.8. The summed E-state index contributed by atoms with van der Waals surface area (Å²) in [5.41, 5.74) is 2.15. The Morgan fingerprint density at radius 3 is 2.52 bits per heavy atom. The molecule has 0 N–H and O–H groups in total. The predicted molar refractivity (Wildman–Crippen MR) is 116 cm³/mol. The molecule has 0 saturated heterocycles. The topological polar surface area (TPSA) is 63.7 Å². The zero-order valence-electron chi connectivity index (χ0n) is 16.2. The van der Waals surface area contributed by atoms with Crippen LogP contribution in [0.15, 0.2) is 59.5 Å². The molecular weight excluding hydrogens is 406 g/mol. The summed E-state index contributed by atoms with van der Waals surface area (Å²) in [4.78, 5) is 16.7. The first-order valence-corrected chi connectivity index (χ1v) is 11.9. The van der Waals surface area contributed by atoms with Crippen LogP contribution in [0.5, 0.6) is 5.75 Å². The van der Waals surface area contributed by atoms with Crippen molar-refractivity contribution in [2.24, 2.45) is 0 Å². The van der Waals surface area contributed by atoms with Crippen molar-refractivity contribution in [2.75, 3.05) is 18.1 Å². The predicted octanol–water partition coefficient (Wildman–Crippen LogP) is 4.77. The maximum Gasteiger partial charge on any atom is 0.268 e. The van der Waals surface area contributed by atoms with Crippen LogP contribution in [0.3, 0.4) is 0 Å². The number of anilines is 1. The molecule has 0 atom stereocenters. The van der Waals surface area contributed by atoms with E-state index in [-0.39, 0.29) is 11.7 Å². The lowest BCUT2D eigenvalue weighted by Crippen LogP contribution is -2.29. The molecule has 0 saturated carbocycles. The molecule has 7 heteroatoms. The first kappa shape index (κ1) is 19.7. The van der Waals surface area contributed by atoms with Crippen molar-refractivity contribution in [3.8, 4) is 16.2 Å². The Morgan fingerprint density at radius 2 is 1.83 bits per heavy atom. The second-order valence-corrected chi connectivity index (χ2v) is 9.71. The van der Waals surface area contributed by atoms with Gasteiger partial charge in [-0.2, -0.15) is 0 Å². The fourth-order valence-corrected chi connectivity index (χ4v) is 6.45. The molecule has 0 radical (unpaired) electrons. The van der Waals surface area contributed by atoms with Gasteiger partial charge in [0.1, 0.15) is 5.75 Å². The molecule has 4 rings (SSSR count). The minimum atomic E-state index is -3.39. The Labute approximate surface area is 174 Å². The van der Waals surface area contributed by atoms with E-state index >= 15 is 0 Å². The number of ether oxygens (including phenoxy) is 1. The molecule has 0 fully saturated rings. The number of amides is 1. The lowest BCUT2D eigenvalue weighted by molar-refractivity contribution is 0.0992. The summed E-state index contributed by atoms with van der Waals surface area (Å²) in [5, 5.41) is 0. The van der Waals surface area contributed by atoms with Gasteiger partial charge in [-0.15, -0.1) is 11.3 Å². The maximum atomic E-state index is 13.2. The molecule has 1 aliphatic heterocycles. The van der Waals surface area contributed by atoms with Gasteiger partial charge in [-0.3, -0.25) is 4.79 Å². The number of rotatable bonds is 5. The van der Waals surface area contributed by atoms with Gasteiger partial charge in [-0.05, 0) is 55.8 Å². The molecule has 2 aromatic carbocycles. The van der Waals surface area contributed by atoms with Gasteiger partial charge in [0.15, 0.2) is 9.84 Å². The number of nitrogens with zero attached hydrogens (tertiary/aromatic N) is 1. The Kier molecular flexibility index (Phi) is 5.19. The maximum absolute atomic E-state index is 13.2. The number of sulfone groups is 1. The summed E-state index contributed by atoms with van der Waals surface area (Å²) in [5.74, 6) is 0.553. The molecule has 0 spiro atoms. The quantitative estimate of drug-likeness (QED) is 0.588. The number of thiophene rings is 1. The summed E-state index contributed by atoms with van der Waals surface area (Å²) in [6.45, 7) is 4.93. The van der Waals surface area contributed by atoms with Crippen molar-refractivity contribution in [1.82, 2.24) is 0 Å². The molecule has 1 aromatic heterocycles. The van der Waals surface area contributed by atoms with Gasteiger partial charge in [0.25, 0.3) is 5.91 Å². The largest absolute Gasteiger partial charge is 0.494 e. The van der Waals surface area contributed by atoms with Crippen LogP contribution in [-0.4, -0.2) is 27.5 Å². The minimum Gasteiger partial charge on any atom is -0.494 e. The molecular formula is C22H21NO4S2. The van der Waals surface area contributed by atoms with E-state index in [1.807, 2.05) is 44.2 Å². The van der Waals surface area contributed by atoms with Crippen molar-refractivity contribution < 1.29 is 17.9 Å². The van der Waals surface area contributed by atoms with Gasteiger partial charge in [-0.25, -0.2) is 8.42 Å². The molecule has 0 unspecified atom stereocenters. The second-order valence-electron chi connectivity index (χ2n) is 6.70. The van der Waals surface area contributed by atoms with Gasteiger partial charge < -0.3 is 9.64 Å². The third kappa shape index (κ3) is 3.56. The van der Waals surface area contributed by atoms with Gasteiger partial charge in [0, 0.05) is 22.7 Å². The fraction of sp³-hybridized carbons (Fsp3) is 0.227. The summed E-state index contributed by atoms with van der Waals surface area (Å²) in [7, 11) is -3.39. The molecule has 0 bridgehead atoms. The standard InChI is InChI=1S/C22H21NO4S2/c1-3-23(16-9-11-17(12-10-16)27-4-2)22(24)19-13-15-14-29(25,26)20-8-6-5-7-18(20)21(15)28-19/h5-13H,3-4,14H2,1-2H3. The molecule has 1 aliphatic rings. The lowest BCUT2D eigenvalue weighted by atomic mass is 10.1. The van der Waals surface area contributed by atoms with Crippen molar-refractivity contribution in [2.45, 2.75) is 24.5 Å². The van der Waals surface area contributed by atoms with Crippen LogP contribution in [0, 0.1) is 0 Å². The van der Waals surface area contributed by atoms with E-state index in [9.17, 15) is 13.2 Å². The summed E-state index contributed by atoms with van der Waals surface area (Å²) in [6.07, 6.45) is 0. The van der Waals surface area contributed by atoms with Crippen LogP contribution in [0.4, 0.5) is 5.69 Å². The molecule has 0 aliphatic carbocycles. The fourth-order valence-electron chi connectivity index (χ4n) is 3.54. The molecule has 3 aromatic rings. The normalized spacial score (nSPS) is 14.0. The Balaban J connectivity index is 1.70. The van der Waals surface area contributed by atoms with Crippen LogP contribution in [0.25, 0.3) is 10.4 Å². The first-order valence-electron chi connectivity index (χ1n) is 9.44. The van der Waals surface area contributed by atoms with Crippen molar-refractivity contribution in [1.29, 1.82) is 0 Å². The first-order chi connectivity index (χ1) is 13.9. The number of benzene rings is 2. The van der Waals surface area contributed by atoms with E-state index in [1.54, 1.807) is 29.2 Å². The average molecular weight is 428 g/mol. The number of hydrogen-bond donors (Lipinski definition) is 0. The number of fused-ring (bicyclic) bond motifs is 3. The average Bonchev–Trinajstić information content (AvgIpc) is 3.13. The summed E-state index contributed by atoms with van der Waals surface area (Å²) < 4.78 is 30.7. The van der Waals surface area contributed by atoms with Crippen LogP contribution >= 0.6 is 11.3 Å². The van der Waals surface area contributed by atoms with Crippen molar-refractivity contribution in [3.63, 3.8) is 0 Å². The van der Waals surface area contributed by atoms with E-state index < -0.39 is 9.84 Å². The summed E-state index contributed by atoms with van der Waals surface area (Å²) >= 11 is 1.36. The molecule has 2 heterocycles. The zero-order chi connectivity index (χ0) is 20.6. The van der Waals surface area contributed by atoms with E-state index in [0.717, 1.165) is 16.3 Å². The smallest absolute Gasteiger partial charge is 0.268 e. The number of carbonyl (C=O) groups excluding carboxylic acids is 1. The van der Waals surface area contributed by atoms with Gasteiger partial charge in [0.2, 0.25) is 0 Å². The molecule has 29 heavy (non-hydrogen) atoms. The van der Waals surface area contributed by atoms with Crippen LogP contribution in [0.1, 0.15) is 29.1 Å². The summed E-state index contributed by atoms with van der Waals surface area (Å²) in [6, 6.07) is 16.1. The number of hydrogen-bond acceptors (Lipinski definition) is 5. The third-order valence-corrected chi connectivity index (χ3v) is 7.77. The Morgan fingerprint density at radius 1 is 1.10 bits per heavy atom. The SMILES string of the molecule is CCOc1ccc(N(CC)C(=O)c2cc3c(s2)-c2ccccc2S(=O)(=O)C3)cc1. The van der Waals surface area contributed by atoms with E-state index in [2.05, 4.69) is 0 Å². The molecule has 1 amide bonds. The monoisotopic (exact) mass is 427 g/mol. The highest BCUT2D eigenvalue weighted by Crippen LogP contribution is 2.43. The van der Waals surface area contributed by atoms with E-state index in [0.29, 0.717) is 34.1 Å². The van der Waals surface area contributed by atoms with Crippen LogP contribution < -0.4 is 9.64 Å². The number of carbonyl (C=O) groups is 1. The van der Waals surface area contributed by atoms with E-state index in [1.165, 1.54) is 11.3 Å².